The van der Waals surface area contributed by atoms with E-state index in [1.807, 2.05) is 17.5 Å². The third-order valence-electron chi connectivity index (χ3n) is 4.78. The molecule has 0 aliphatic carbocycles. The first-order valence-corrected chi connectivity index (χ1v) is 9.94. The molecule has 7 heteroatoms. The summed E-state index contributed by atoms with van der Waals surface area (Å²) in [5.41, 5.74) is 0.335. The van der Waals surface area contributed by atoms with Crippen LogP contribution < -0.4 is 4.90 Å². The van der Waals surface area contributed by atoms with Crippen molar-refractivity contribution in [3.63, 3.8) is 0 Å². The molecule has 0 spiro atoms. The van der Waals surface area contributed by atoms with E-state index in [1.165, 1.54) is 34.4 Å². The summed E-state index contributed by atoms with van der Waals surface area (Å²) in [4.78, 5) is 42.2. The molecule has 146 valence electrons. The van der Waals surface area contributed by atoms with Gasteiger partial charge in [0, 0.05) is 4.88 Å². The van der Waals surface area contributed by atoms with Gasteiger partial charge in [-0.1, -0.05) is 36.4 Å². The molecule has 2 heterocycles. The van der Waals surface area contributed by atoms with Crippen LogP contribution in [0.4, 0.5) is 10.1 Å². The number of hydrogen-bond donors (Lipinski definition) is 0. The van der Waals surface area contributed by atoms with Gasteiger partial charge in [-0.15, -0.1) is 11.3 Å². The second-order valence-electron chi connectivity index (χ2n) is 6.62. The summed E-state index contributed by atoms with van der Waals surface area (Å²) in [6.07, 6.45) is -0.140. The molecule has 29 heavy (non-hydrogen) atoms. The first-order chi connectivity index (χ1) is 14.1. The number of rotatable bonds is 5. The lowest BCUT2D eigenvalue weighted by Gasteiger charge is -2.27. The maximum Gasteiger partial charge on any atom is 0.257 e. The second-order valence-corrected chi connectivity index (χ2v) is 7.65. The fourth-order valence-electron chi connectivity index (χ4n) is 3.39. The number of hydrogen-bond acceptors (Lipinski definition) is 4. The van der Waals surface area contributed by atoms with Crippen LogP contribution in [-0.4, -0.2) is 28.7 Å². The van der Waals surface area contributed by atoms with E-state index in [-0.39, 0.29) is 24.4 Å². The minimum absolute atomic E-state index is 0.122. The van der Waals surface area contributed by atoms with E-state index in [9.17, 15) is 18.8 Å². The van der Waals surface area contributed by atoms with Crippen LogP contribution >= 0.6 is 11.3 Å². The van der Waals surface area contributed by atoms with Gasteiger partial charge in [-0.25, -0.2) is 9.29 Å². The van der Waals surface area contributed by atoms with Crippen molar-refractivity contribution in [3.8, 4) is 0 Å². The quantitative estimate of drug-likeness (QED) is 0.603. The number of thiophene rings is 1. The molecule has 1 saturated heterocycles. The third-order valence-corrected chi connectivity index (χ3v) is 5.65. The predicted octanol–water partition coefficient (Wildman–Crippen LogP) is 3.86. The summed E-state index contributed by atoms with van der Waals surface area (Å²) in [5, 5.41) is 1.86. The molecule has 0 N–H and O–H groups in total. The molecule has 1 aliphatic heterocycles. The van der Waals surface area contributed by atoms with Crippen molar-refractivity contribution in [2.75, 3.05) is 4.90 Å². The summed E-state index contributed by atoms with van der Waals surface area (Å²) in [7, 11) is 0. The third kappa shape index (κ3) is 3.69. The highest BCUT2D eigenvalue weighted by atomic mass is 32.1. The Balaban J connectivity index is 1.70. The van der Waals surface area contributed by atoms with Gasteiger partial charge < -0.3 is 4.90 Å². The molecule has 0 bridgehead atoms. The topological polar surface area (TPSA) is 57.7 Å². The zero-order valence-electron chi connectivity index (χ0n) is 15.3. The van der Waals surface area contributed by atoms with Gasteiger partial charge in [-0.2, -0.15) is 0 Å². The SMILES string of the molecule is O=C1CC(N(Cc2cccs2)C(=O)c2ccccc2F)C(=O)N1c1ccccc1. The van der Waals surface area contributed by atoms with Crippen molar-refractivity contribution in [2.24, 2.45) is 0 Å². The summed E-state index contributed by atoms with van der Waals surface area (Å²) < 4.78 is 14.3. The van der Waals surface area contributed by atoms with E-state index in [1.54, 1.807) is 36.4 Å². The molecule has 2 aromatic carbocycles. The Bertz CT molecular complexity index is 1050. The van der Waals surface area contributed by atoms with Gasteiger partial charge in [-0.05, 0) is 35.7 Å². The van der Waals surface area contributed by atoms with E-state index in [2.05, 4.69) is 0 Å². The van der Waals surface area contributed by atoms with E-state index >= 15 is 0 Å². The number of carbonyl (C=O) groups is 3. The van der Waals surface area contributed by atoms with E-state index < -0.39 is 23.7 Å². The highest BCUT2D eigenvalue weighted by Gasteiger charge is 2.44. The van der Waals surface area contributed by atoms with Crippen LogP contribution in [0.1, 0.15) is 21.7 Å². The summed E-state index contributed by atoms with van der Waals surface area (Å²) in [5.74, 6) is -2.14. The van der Waals surface area contributed by atoms with Gasteiger partial charge in [0.25, 0.3) is 11.8 Å². The Kier molecular flexibility index (Phi) is 5.22. The minimum atomic E-state index is -0.989. The van der Waals surface area contributed by atoms with Gasteiger partial charge in [0.05, 0.1) is 24.2 Å². The van der Waals surface area contributed by atoms with Crippen LogP contribution in [0, 0.1) is 5.82 Å². The highest BCUT2D eigenvalue weighted by Crippen LogP contribution is 2.28. The largest absolute Gasteiger partial charge is 0.321 e. The zero-order valence-corrected chi connectivity index (χ0v) is 16.1. The van der Waals surface area contributed by atoms with Gasteiger partial charge in [0.15, 0.2) is 0 Å². The summed E-state index contributed by atoms with van der Waals surface area (Å²) in [6.45, 7) is 0.122. The smallest absolute Gasteiger partial charge is 0.257 e. The van der Waals surface area contributed by atoms with E-state index in [4.69, 9.17) is 0 Å². The average Bonchev–Trinajstić information content (AvgIpc) is 3.34. The maximum absolute atomic E-state index is 14.3. The standard InChI is InChI=1S/C22H17FN2O3S/c23-18-11-5-4-10-17(18)21(27)24(14-16-9-6-12-29-16)19-13-20(26)25(22(19)28)15-7-2-1-3-8-15/h1-12,19H,13-14H2. The molecule has 5 nitrogen and oxygen atoms in total. The number of amides is 3. The number of benzene rings is 2. The predicted molar refractivity (Wildman–Crippen MR) is 108 cm³/mol. The van der Waals surface area contributed by atoms with Crippen LogP contribution in [0.2, 0.25) is 0 Å². The molecule has 0 saturated carbocycles. The number of imide groups is 1. The van der Waals surface area contributed by atoms with Gasteiger partial charge in [-0.3, -0.25) is 14.4 Å². The lowest BCUT2D eigenvalue weighted by molar-refractivity contribution is -0.122. The molecule has 0 radical (unpaired) electrons. The lowest BCUT2D eigenvalue weighted by Crippen LogP contribution is -2.45. The Hall–Kier alpha value is -3.32. The van der Waals surface area contributed by atoms with Gasteiger partial charge >= 0.3 is 0 Å². The number of halogens is 1. The van der Waals surface area contributed by atoms with Crippen molar-refractivity contribution in [3.05, 3.63) is 88.4 Å². The fraction of sp³-hybridized carbons (Fsp3) is 0.136. The Morgan fingerprint density at radius 1 is 1.03 bits per heavy atom. The first kappa shape index (κ1) is 19.0. The average molecular weight is 408 g/mol. The van der Waals surface area contributed by atoms with Crippen molar-refractivity contribution >= 4 is 34.7 Å². The number of anilines is 1. The van der Waals surface area contributed by atoms with Crippen molar-refractivity contribution < 1.29 is 18.8 Å². The zero-order chi connectivity index (χ0) is 20.4. The maximum atomic E-state index is 14.3. The van der Waals surface area contributed by atoms with E-state index in [0.29, 0.717) is 5.69 Å². The molecule has 1 aromatic heterocycles. The van der Waals surface area contributed by atoms with Gasteiger partial charge in [0.2, 0.25) is 5.91 Å². The molecule has 4 rings (SSSR count). The van der Waals surface area contributed by atoms with Crippen molar-refractivity contribution in [1.29, 1.82) is 0 Å². The number of nitrogens with zero attached hydrogens (tertiary/aromatic N) is 2. The van der Waals surface area contributed by atoms with Crippen molar-refractivity contribution in [2.45, 2.75) is 19.0 Å². The summed E-state index contributed by atoms with van der Waals surface area (Å²) >= 11 is 1.43. The Labute approximate surface area is 171 Å². The monoisotopic (exact) mass is 408 g/mol. The van der Waals surface area contributed by atoms with Crippen molar-refractivity contribution in [1.82, 2.24) is 4.90 Å². The minimum Gasteiger partial charge on any atom is -0.321 e. The van der Waals surface area contributed by atoms with E-state index in [0.717, 1.165) is 9.78 Å². The molecule has 1 atom stereocenters. The summed E-state index contributed by atoms with van der Waals surface area (Å²) in [6, 6.07) is 16.9. The Morgan fingerprint density at radius 2 is 1.76 bits per heavy atom. The highest BCUT2D eigenvalue weighted by molar-refractivity contribution is 7.09. The first-order valence-electron chi connectivity index (χ1n) is 9.06. The molecule has 1 unspecified atom stereocenters. The molecule has 3 aromatic rings. The molecular formula is C22H17FN2O3S. The fourth-order valence-corrected chi connectivity index (χ4v) is 4.09. The number of carbonyl (C=O) groups excluding carboxylic acids is 3. The van der Waals surface area contributed by atoms with Gasteiger partial charge in [0.1, 0.15) is 11.9 Å². The van der Waals surface area contributed by atoms with Crippen LogP contribution in [0.25, 0.3) is 0 Å². The van der Waals surface area contributed by atoms with Crippen LogP contribution in [-0.2, 0) is 16.1 Å². The molecular weight excluding hydrogens is 391 g/mol. The Morgan fingerprint density at radius 3 is 2.45 bits per heavy atom. The van der Waals surface area contributed by atoms with Crippen LogP contribution in [0.5, 0.6) is 0 Å². The van der Waals surface area contributed by atoms with Crippen LogP contribution in [0.3, 0.4) is 0 Å². The normalized spacial score (nSPS) is 16.3. The lowest BCUT2D eigenvalue weighted by atomic mass is 10.1. The molecule has 3 amide bonds. The molecule has 1 fully saturated rings. The number of para-hydroxylation sites is 1. The van der Waals surface area contributed by atoms with Crippen LogP contribution in [0.15, 0.2) is 72.1 Å². The molecule has 1 aliphatic rings. The second kappa shape index (κ2) is 7.97.